The lowest BCUT2D eigenvalue weighted by Crippen LogP contribution is -2.23. The van der Waals surface area contributed by atoms with E-state index in [2.05, 4.69) is 10.3 Å². The number of pyridine rings is 1. The number of ether oxygens (including phenoxy) is 1. The highest BCUT2D eigenvalue weighted by Crippen LogP contribution is 2.22. The van der Waals surface area contributed by atoms with Gasteiger partial charge in [-0.1, -0.05) is 35.3 Å². The molecular formula is C17H18Cl2N2O2. The van der Waals surface area contributed by atoms with Crippen molar-refractivity contribution in [1.82, 2.24) is 10.3 Å². The molecule has 1 amide bonds. The maximum Gasteiger partial charge on any atom is 0.220 e. The second-order valence-corrected chi connectivity index (χ2v) is 5.76. The van der Waals surface area contributed by atoms with Gasteiger partial charge in [-0.15, -0.1) is 0 Å². The first-order valence-corrected chi connectivity index (χ1v) is 8.13. The summed E-state index contributed by atoms with van der Waals surface area (Å²) in [4.78, 5) is 16.2. The number of carbonyl (C=O) groups is 1. The lowest BCUT2D eigenvalue weighted by molar-refractivity contribution is -0.121. The normalized spacial score (nSPS) is 10.4. The number of rotatable bonds is 7. The summed E-state index contributed by atoms with van der Waals surface area (Å²) in [5, 5.41) is 4.04. The molecule has 1 aromatic carbocycles. The molecule has 1 heterocycles. The van der Waals surface area contributed by atoms with Crippen LogP contribution >= 0.6 is 23.2 Å². The van der Waals surface area contributed by atoms with Crippen molar-refractivity contribution < 1.29 is 9.53 Å². The van der Waals surface area contributed by atoms with E-state index in [0.29, 0.717) is 41.9 Å². The summed E-state index contributed by atoms with van der Waals surface area (Å²) < 4.78 is 5.43. The average Bonchev–Trinajstić information content (AvgIpc) is 2.53. The fourth-order valence-electron chi connectivity index (χ4n) is 2.08. The summed E-state index contributed by atoms with van der Waals surface area (Å²) in [6.45, 7) is 2.82. The van der Waals surface area contributed by atoms with Crippen LogP contribution in [0.3, 0.4) is 0 Å². The molecule has 2 aromatic rings. The van der Waals surface area contributed by atoms with Crippen LogP contribution in [0.2, 0.25) is 10.0 Å². The molecule has 6 heteroatoms. The molecule has 122 valence electrons. The molecule has 2 rings (SSSR count). The zero-order valence-corrected chi connectivity index (χ0v) is 14.3. The SMILES string of the molecule is CCOc1ncccc1CNC(=O)CCc1ccc(Cl)cc1Cl. The van der Waals surface area contributed by atoms with Gasteiger partial charge >= 0.3 is 0 Å². The number of nitrogens with zero attached hydrogens (tertiary/aromatic N) is 1. The minimum atomic E-state index is -0.0534. The topological polar surface area (TPSA) is 51.2 Å². The predicted molar refractivity (Wildman–Crippen MR) is 92.0 cm³/mol. The number of amides is 1. The van der Waals surface area contributed by atoms with Crippen LogP contribution in [0.25, 0.3) is 0 Å². The third kappa shape index (κ3) is 5.41. The van der Waals surface area contributed by atoms with Crippen molar-refractivity contribution in [2.24, 2.45) is 0 Å². The van der Waals surface area contributed by atoms with Crippen molar-refractivity contribution in [2.75, 3.05) is 6.61 Å². The van der Waals surface area contributed by atoms with Gasteiger partial charge in [-0.3, -0.25) is 4.79 Å². The second-order valence-electron chi connectivity index (χ2n) is 4.91. The minimum Gasteiger partial charge on any atom is -0.478 e. The average molecular weight is 353 g/mol. The number of aromatic nitrogens is 1. The van der Waals surface area contributed by atoms with E-state index in [1.165, 1.54) is 0 Å². The van der Waals surface area contributed by atoms with E-state index in [1.54, 1.807) is 18.3 Å². The molecule has 0 fully saturated rings. The van der Waals surface area contributed by atoms with Gasteiger partial charge in [0.1, 0.15) is 0 Å². The van der Waals surface area contributed by atoms with E-state index in [1.807, 2.05) is 25.1 Å². The predicted octanol–water partition coefficient (Wildman–Crippen LogP) is 4.04. The summed E-state index contributed by atoms with van der Waals surface area (Å²) in [5.74, 6) is 0.498. The highest BCUT2D eigenvalue weighted by atomic mass is 35.5. The number of benzene rings is 1. The van der Waals surface area contributed by atoms with E-state index in [9.17, 15) is 4.79 Å². The van der Waals surface area contributed by atoms with Crippen molar-refractivity contribution in [1.29, 1.82) is 0 Å². The van der Waals surface area contributed by atoms with Gasteiger partial charge in [0.15, 0.2) is 0 Å². The van der Waals surface area contributed by atoms with Gasteiger partial charge in [0.2, 0.25) is 11.8 Å². The number of aryl methyl sites for hydroxylation is 1. The first-order chi connectivity index (χ1) is 11.1. The van der Waals surface area contributed by atoms with Gasteiger partial charge in [-0.05, 0) is 37.1 Å². The van der Waals surface area contributed by atoms with Crippen molar-refractivity contribution in [2.45, 2.75) is 26.3 Å². The summed E-state index contributed by atoms with van der Waals surface area (Å²) in [6.07, 6.45) is 2.58. The molecule has 0 saturated heterocycles. The molecule has 4 nitrogen and oxygen atoms in total. The van der Waals surface area contributed by atoms with Crippen LogP contribution in [0.5, 0.6) is 5.88 Å². The number of hydrogen-bond donors (Lipinski definition) is 1. The van der Waals surface area contributed by atoms with Gasteiger partial charge in [-0.25, -0.2) is 4.98 Å². The zero-order chi connectivity index (χ0) is 16.7. The second kappa shape index (κ2) is 8.75. The molecular weight excluding hydrogens is 335 g/mol. The van der Waals surface area contributed by atoms with Crippen LogP contribution in [0.4, 0.5) is 0 Å². The maximum absolute atomic E-state index is 12.0. The van der Waals surface area contributed by atoms with Gasteiger partial charge < -0.3 is 10.1 Å². The van der Waals surface area contributed by atoms with E-state index >= 15 is 0 Å². The summed E-state index contributed by atoms with van der Waals surface area (Å²) in [5.41, 5.74) is 1.76. The van der Waals surface area contributed by atoms with Crippen molar-refractivity contribution in [3.63, 3.8) is 0 Å². The largest absolute Gasteiger partial charge is 0.478 e. The lowest BCUT2D eigenvalue weighted by Gasteiger charge is -2.10. The smallest absolute Gasteiger partial charge is 0.220 e. The molecule has 0 radical (unpaired) electrons. The van der Waals surface area contributed by atoms with Gasteiger partial charge in [0, 0.05) is 34.8 Å². The van der Waals surface area contributed by atoms with Crippen LogP contribution in [-0.2, 0) is 17.8 Å². The Morgan fingerprint density at radius 3 is 2.83 bits per heavy atom. The quantitative estimate of drug-likeness (QED) is 0.818. The van der Waals surface area contributed by atoms with Crippen LogP contribution in [0.15, 0.2) is 36.5 Å². The third-order valence-electron chi connectivity index (χ3n) is 3.24. The summed E-state index contributed by atoms with van der Waals surface area (Å²) >= 11 is 12.0. The highest BCUT2D eigenvalue weighted by molar-refractivity contribution is 6.35. The minimum absolute atomic E-state index is 0.0534. The number of nitrogens with one attached hydrogen (secondary N) is 1. The fourth-order valence-corrected chi connectivity index (χ4v) is 2.58. The van der Waals surface area contributed by atoms with Gasteiger partial charge in [-0.2, -0.15) is 0 Å². The lowest BCUT2D eigenvalue weighted by atomic mass is 10.1. The number of hydrogen-bond acceptors (Lipinski definition) is 3. The molecule has 0 unspecified atom stereocenters. The Bertz CT molecular complexity index is 677. The van der Waals surface area contributed by atoms with Gasteiger partial charge in [0.05, 0.1) is 6.61 Å². The molecule has 1 N–H and O–H groups in total. The summed E-state index contributed by atoms with van der Waals surface area (Å²) in [6, 6.07) is 8.99. The molecule has 0 bridgehead atoms. The van der Waals surface area contributed by atoms with Crippen LogP contribution in [0, 0.1) is 0 Å². The Morgan fingerprint density at radius 2 is 2.09 bits per heavy atom. The molecule has 0 spiro atoms. The fraction of sp³-hybridized carbons (Fsp3) is 0.294. The van der Waals surface area contributed by atoms with Crippen LogP contribution in [0.1, 0.15) is 24.5 Å². The Kier molecular flexibility index (Phi) is 6.68. The Labute approximate surface area is 145 Å². The molecule has 0 atom stereocenters. The first-order valence-electron chi connectivity index (χ1n) is 7.37. The molecule has 1 aromatic heterocycles. The maximum atomic E-state index is 12.0. The Morgan fingerprint density at radius 1 is 1.26 bits per heavy atom. The third-order valence-corrected chi connectivity index (χ3v) is 3.83. The molecule has 0 saturated carbocycles. The highest BCUT2D eigenvalue weighted by Gasteiger charge is 2.08. The van der Waals surface area contributed by atoms with Crippen LogP contribution < -0.4 is 10.1 Å². The number of carbonyl (C=O) groups excluding carboxylic acids is 1. The van der Waals surface area contributed by atoms with E-state index < -0.39 is 0 Å². The standard InChI is InChI=1S/C17H18Cl2N2O2/c1-2-23-17-13(4-3-9-20-17)11-21-16(22)8-6-12-5-7-14(18)10-15(12)19/h3-5,7,9-10H,2,6,8,11H2,1H3,(H,21,22). The van der Waals surface area contributed by atoms with E-state index in [-0.39, 0.29) is 5.91 Å². The molecule has 0 aliphatic carbocycles. The summed E-state index contributed by atoms with van der Waals surface area (Å²) in [7, 11) is 0. The Balaban J connectivity index is 1.86. The van der Waals surface area contributed by atoms with E-state index in [0.717, 1.165) is 11.1 Å². The number of halogens is 2. The van der Waals surface area contributed by atoms with Crippen molar-refractivity contribution >= 4 is 29.1 Å². The molecule has 23 heavy (non-hydrogen) atoms. The Hall–Kier alpha value is -1.78. The molecule has 0 aliphatic rings. The molecule has 0 aliphatic heterocycles. The first kappa shape index (κ1) is 17.6. The van der Waals surface area contributed by atoms with Crippen molar-refractivity contribution in [3.8, 4) is 5.88 Å². The zero-order valence-electron chi connectivity index (χ0n) is 12.8. The monoisotopic (exact) mass is 352 g/mol. The van der Waals surface area contributed by atoms with E-state index in [4.69, 9.17) is 27.9 Å². The van der Waals surface area contributed by atoms with Crippen molar-refractivity contribution in [3.05, 3.63) is 57.7 Å². The van der Waals surface area contributed by atoms with Crippen LogP contribution in [-0.4, -0.2) is 17.5 Å². The van der Waals surface area contributed by atoms with Gasteiger partial charge in [0.25, 0.3) is 0 Å².